The van der Waals surface area contributed by atoms with Crippen LogP contribution in [-0.4, -0.2) is 13.0 Å². The summed E-state index contributed by atoms with van der Waals surface area (Å²) >= 11 is 0. The Morgan fingerprint density at radius 2 is 0.875 bits per heavy atom. The van der Waals surface area contributed by atoms with Crippen molar-refractivity contribution in [2.75, 3.05) is 0 Å². The summed E-state index contributed by atoms with van der Waals surface area (Å²) in [6, 6.07) is 26.8. The Hall–Kier alpha value is -1.000. The van der Waals surface area contributed by atoms with Crippen LogP contribution in [-0.2, 0) is 9.74 Å². The standard InChI is InChI=1S/C18H15O3PS.Na.H/c19-23(20,21)22(16-10-4-1-5-11-16,17-12-6-2-7-13-17)18-14-8-3-9-15-18;;/h1-15H;;/q;+1;-1/p+1. The molecule has 0 heterocycles. The van der Waals surface area contributed by atoms with Gasteiger partial charge in [0, 0.05) is 0 Å². The minimum atomic E-state index is -4.37. The number of benzene rings is 3. The fourth-order valence-corrected chi connectivity index (χ4v) is 9.72. The molecular weight excluding hydrogens is 350 g/mol. The molecule has 0 aliphatic carbocycles. The van der Waals surface area contributed by atoms with Gasteiger partial charge in [0.15, 0.2) is 0 Å². The van der Waals surface area contributed by atoms with Crippen molar-refractivity contribution in [3.05, 3.63) is 91.0 Å². The maximum atomic E-state index is 12.7. The van der Waals surface area contributed by atoms with Gasteiger partial charge in [0.2, 0.25) is 0 Å². The van der Waals surface area contributed by atoms with Gasteiger partial charge < -0.3 is 1.43 Å². The molecule has 6 heteroatoms. The van der Waals surface area contributed by atoms with Gasteiger partial charge in [-0.25, -0.2) is 0 Å². The van der Waals surface area contributed by atoms with Crippen LogP contribution in [0, 0.1) is 0 Å². The first kappa shape index (κ1) is 19.3. The van der Waals surface area contributed by atoms with Gasteiger partial charge in [-0.05, 0) is 36.4 Å². The van der Waals surface area contributed by atoms with E-state index in [-0.39, 0.29) is 31.0 Å². The first-order valence-corrected chi connectivity index (χ1v) is 10.9. The maximum Gasteiger partial charge on any atom is 1.00 e. The third-order valence-corrected chi connectivity index (χ3v) is 11.4. The fourth-order valence-electron chi connectivity index (χ4n) is 2.76. The van der Waals surface area contributed by atoms with Crippen molar-refractivity contribution >= 4 is 32.1 Å². The summed E-state index contributed by atoms with van der Waals surface area (Å²) in [5, 5.41) is 1.83. The molecule has 3 rings (SSSR count). The van der Waals surface area contributed by atoms with Crippen molar-refractivity contribution in [3.63, 3.8) is 0 Å². The second-order valence-corrected chi connectivity index (χ2v) is 11.8. The van der Waals surface area contributed by atoms with Gasteiger partial charge in [-0.1, -0.05) is 54.6 Å². The molecule has 1 N–H and O–H groups in total. The van der Waals surface area contributed by atoms with Crippen LogP contribution < -0.4 is 45.5 Å². The molecule has 0 bridgehead atoms. The van der Waals surface area contributed by atoms with Crippen LogP contribution in [0.3, 0.4) is 0 Å². The molecule has 3 nitrogen and oxygen atoms in total. The Labute approximate surface area is 166 Å². The zero-order valence-corrected chi connectivity index (χ0v) is 17.0. The van der Waals surface area contributed by atoms with E-state index in [2.05, 4.69) is 0 Å². The van der Waals surface area contributed by atoms with Gasteiger partial charge in [0.05, 0.1) is 0 Å². The zero-order chi connectivity index (χ0) is 16.3. The Morgan fingerprint density at radius 3 is 1.08 bits per heavy atom. The van der Waals surface area contributed by atoms with Crippen molar-refractivity contribution in [1.29, 1.82) is 0 Å². The molecule has 0 amide bonds. The van der Waals surface area contributed by atoms with Gasteiger partial charge in [-0.15, -0.1) is 0 Å². The quantitative estimate of drug-likeness (QED) is 0.398. The van der Waals surface area contributed by atoms with E-state index < -0.39 is 16.2 Å². The minimum Gasteiger partial charge on any atom is -1.00 e. The van der Waals surface area contributed by atoms with Crippen LogP contribution in [0.2, 0.25) is 0 Å². The molecule has 0 fully saturated rings. The van der Waals surface area contributed by atoms with Crippen molar-refractivity contribution < 1.29 is 44.0 Å². The largest absolute Gasteiger partial charge is 1.00 e. The number of hydrogen-bond acceptors (Lipinski definition) is 2. The Kier molecular flexibility index (Phi) is 6.38. The Bertz CT molecular complexity index is 795. The summed E-state index contributed by atoms with van der Waals surface area (Å²) < 4.78 is 35.6. The van der Waals surface area contributed by atoms with Crippen LogP contribution >= 0.6 is 6.46 Å². The van der Waals surface area contributed by atoms with Crippen LogP contribution in [0.5, 0.6) is 0 Å². The van der Waals surface area contributed by atoms with Crippen LogP contribution in [0.4, 0.5) is 0 Å². The van der Waals surface area contributed by atoms with E-state index in [4.69, 9.17) is 0 Å². The Balaban J connectivity index is 0.00000156. The maximum absolute atomic E-state index is 12.7. The van der Waals surface area contributed by atoms with Crippen LogP contribution in [0.15, 0.2) is 91.0 Å². The molecule has 0 radical (unpaired) electrons. The van der Waals surface area contributed by atoms with E-state index in [9.17, 15) is 13.0 Å². The van der Waals surface area contributed by atoms with Gasteiger partial charge in [-0.2, -0.15) is 8.42 Å². The summed E-state index contributed by atoms with van der Waals surface area (Å²) in [5.74, 6) is 0. The SMILES string of the molecule is O=S(=O)(O)[P+](c1ccccc1)(c1ccccc1)c1ccccc1.[H-].[Na+]. The second-order valence-electron chi connectivity index (χ2n) is 5.06. The molecule has 3 aromatic carbocycles. The van der Waals surface area contributed by atoms with E-state index in [0.29, 0.717) is 15.9 Å². The molecule has 0 aliphatic rings. The predicted molar refractivity (Wildman–Crippen MR) is 97.8 cm³/mol. The fraction of sp³-hybridized carbons (Fsp3) is 0. The first-order chi connectivity index (χ1) is 11.1. The smallest absolute Gasteiger partial charge is 1.00 e. The predicted octanol–water partition coefficient (Wildman–Crippen LogP) is -0.100. The molecule has 0 aliphatic heterocycles. The van der Waals surface area contributed by atoms with E-state index in [1.165, 1.54) is 0 Å². The summed E-state index contributed by atoms with van der Waals surface area (Å²) in [7, 11) is -4.37. The van der Waals surface area contributed by atoms with Crippen LogP contribution in [0.25, 0.3) is 0 Å². The van der Waals surface area contributed by atoms with Crippen molar-refractivity contribution in [3.8, 4) is 0 Å². The van der Waals surface area contributed by atoms with Crippen molar-refractivity contribution in [2.24, 2.45) is 0 Å². The summed E-state index contributed by atoms with van der Waals surface area (Å²) in [6.07, 6.45) is 0. The van der Waals surface area contributed by atoms with E-state index in [0.717, 1.165) is 0 Å². The molecular formula is C18H17NaO3PS+. The number of hydrogen-bond donors (Lipinski definition) is 1. The van der Waals surface area contributed by atoms with Gasteiger partial charge >= 0.3 is 39.3 Å². The van der Waals surface area contributed by atoms with Crippen LogP contribution in [0.1, 0.15) is 1.43 Å². The third-order valence-electron chi connectivity index (χ3n) is 3.71. The third kappa shape index (κ3) is 3.36. The molecule has 24 heavy (non-hydrogen) atoms. The van der Waals surface area contributed by atoms with E-state index in [1.807, 2.05) is 18.2 Å². The summed E-state index contributed by atoms with van der Waals surface area (Å²) in [6.45, 7) is -3.21. The van der Waals surface area contributed by atoms with Crippen molar-refractivity contribution in [2.45, 2.75) is 0 Å². The molecule has 3 aromatic rings. The molecule has 0 atom stereocenters. The minimum absolute atomic E-state index is 0. The van der Waals surface area contributed by atoms with Gasteiger partial charge in [0.25, 0.3) is 6.46 Å². The van der Waals surface area contributed by atoms with E-state index >= 15 is 0 Å². The molecule has 0 unspecified atom stereocenters. The summed E-state index contributed by atoms with van der Waals surface area (Å²) in [4.78, 5) is 0. The molecule has 0 saturated carbocycles. The first-order valence-electron chi connectivity index (χ1n) is 7.10. The monoisotopic (exact) mass is 367 g/mol. The zero-order valence-electron chi connectivity index (χ0n) is 14.3. The molecule has 0 spiro atoms. The average Bonchev–Trinajstić information content (AvgIpc) is 2.57. The number of rotatable bonds is 4. The molecule has 0 saturated heterocycles. The van der Waals surface area contributed by atoms with Gasteiger partial charge in [-0.3, -0.25) is 4.55 Å². The molecule has 118 valence electrons. The summed E-state index contributed by atoms with van der Waals surface area (Å²) in [5.41, 5.74) is 0. The Morgan fingerprint density at radius 1 is 0.625 bits per heavy atom. The van der Waals surface area contributed by atoms with E-state index in [1.54, 1.807) is 72.8 Å². The topological polar surface area (TPSA) is 54.4 Å². The van der Waals surface area contributed by atoms with Crippen molar-refractivity contribution in [1.82, 2.24) is 0 Å². The average molecular weight is 367 g/mol. The second kappa shape index (κ2) is 7.92. The normalized spacial score (nSPS) is 11.5. The van der Waals surface area contributed by atoms with Gasteiger partial charge in [0.1, 0.15) is 15.9 Å². The molecule has 0 aromatic heterocycles.